The summed E-state index contributed by atoms with van der Waals surface area (Å²) in [7, 11) is -2.94. The summed E-state index contributed by atoms with van der Waals surface area (Å²) in [6.45, 7) is 0.616. The van der Waals surface area contributed by atoms with Gasteiger partial charge in [0.25, 0.3) is 5.91 Å². The summed E-state index contributed by atoms with van der Waals surface area (Å²) in [6, 6.07) is -0.159. The predicted octanol–water partition coefficient (Wildman–Crippen LogP) is 1.70. The standard InChI is InChI=1S/C17H24N4O3S/c22-16(18-8-6-13-4-2-1-3-5-13)14-10-19-17(20-11-14)21-15-7-9-25(23,24)12-15/h4,10-11,15H,1-3,5-9,12H2,(H,18,22)(H,19,20,21). The van der Waals surface area contributed by atoms with Crippen LogP contribution in [0.3, 0.4) is 0 Å². The fourth-order valence-electron chi connectivity index (χ4n) is 3.18. The van der Waals surface area contributed by atoms with Gasteiger partial charge in [0.1, 0.15) is 0 Å². The second-order valence-corrected chi connectivity index (χ2v) is 8.88. The third kappa shape index (κ3) is 5.26. The van der Waals surface area contributed by atoms with E-state index in [0.717, 1.165) is 19.3 Å². The third-order valence-corrected chi connectivity index (χ3v) is 6.36. The van der Waals surface area contributed by atoms with E-state index in [-0.39, 0.29) is 23.5 Å². The summed E-state index contributed by atoms with van der Waals surface area (Å²) in [4.78, 5) is 20.4. The van der Waals surface area contributed by atoms with E-state index < -0.39 is 9.84 Å². The zero-order chi connectivity index (χ0) is 17.7. The van der Waals surface area contributed by atoms with Crippen LogP contribution in [0.15, 0.2) is 24.0 Å². The van der Waals surface area contributed by atoms with E-state index in [0.29, 0.717) is 24.5 Å². The molecular formula is C17H24N4O3S. The average molecular weight is 364 g/mol. The van der Waals surface area contributed by atoms with Crippen molar-refractivity contribution >= 4 is 21.7 Å². The maximum Gasteiger partial charge on any atom is 0.254 e. The smallest absolute Gasteiger partial charge is 0.254 e. The lowest BCUT2D eigenvalue weighted by Crippen LogP contribution is -2.26. The van der Waals surface area contributed by atoms with Crippen LogP contribution in [-0.2, 0) is 9.84 Å². The number of aromatic nitrogens is 2. The van der Waals surface area contributed by atoms with Gasteiger partial charge in [0.05, 0.1) is 17.1 Å². The third-order valence-electron chi connectivity index (χ3n) is 4.60. The molecule has 1 aliphatic carbocycles. The summed E-state index contributed by atoms with van der Waals surface area (Å²) >= 11 is 0. The molecule has 1 unspecified atom stereocenters. The van der Waals surface area contributed by atoms with Crippen LogP contribution >= 0.6 is 0 Å². The monoisotopic (exact) mass is 364 g/mol. The number of rotatable bonds is 6. The Morgan fingerprint density at radius 2 is 2.04 bits per heavy atom. The Morgan fingerprint density at radius 1 is 1.24 bits per heavy atom. The molecule has 2 N–H and O–H groups in total. The number of allylic oxidation sites excluding steroid dienone is 1. The van der Waals surface area contributed by atoms with Gasteiger partial charge in [-0.2, -0.15) is 0 Å². The second-order valence-electron chi connectivity index (χ2n) is 6.65. The van der Waals surface area contributed by atoms with Gasteiger partial charge < -0.3 is 10.6 Å². The molecule has 1 aromatic rings. The molecular weight excluding hydrogens is 340 g/mol. The Bertz CT molecular complexity index is 744. The lowest BCUT2D eigenvalue weighted by atomic mass is 9.97. The first-order valence-corrected chi connectivity index (χ1v) is 10.6. The number of hydrogen-bond donors (Lipinski definition) is 2. The largest absolute Gasteiger partial charge is 0.352 e. The minimum absolute atomic E-state index is 0.106. The fourth-order valence-corrected chi connectivity index (χ4v) is 4.85. The van der Waals surface area contributed by atoms with Crippen LogP contribution in [0.25, 0.3) is 0 Å². The van der Waals surface area contributed by atoms with Crippen LogP contribution in [0.2, 0.25) is 0 Å². The van der Waals surface area contributed by atoms with Gasteiger partial charge in [-0.25, -0.2) is 18.4 Å². The molecule has 7 nitrogen and oxygen atoms in total. The van der Waals surface area contributed by atoms with Crippen molar-refractivity contribution < 1.29 is 13.2 Å². The molecule has 0 spiro atoms. The van der Waals surface area contributed by atoms with Crippen molar-refractivity contribution in [1.82, 2.24) is 15.3 Å². The predicted molar refractivity (Wildman–Crippen MR) is 96.2 cm³/mol. The zero-order valence-electron chi connectivity index (χ0n) is 14.2. The van der Waals surface area contributed by atoms with Crippen LogP contribution in [0.5, 0.6) is 0 Å². The number of carbonyl (C=O) groups excluding carboxylic acids is 1. The normalized spacial score (nSPS) is 22.2. The maximum atomic E-state index is 12.1. The lowest BCUT2D eigenvalue weighted by Gasteiger charge is -2.13. The molecule has 1 saturated heterocycles. The molecule has 8 heteroatoms. The number of carbonyl (C=O) groups is 1. The van der Waals surface area contributed by atoms with Crippen molar-refractivity contribution in [2.24, 2.45) is 0 Å². The summed E-state index contributed by atoms with van der Waals surface area (Å²) in [5.41, 5.74) is 1.83. The molecule has 0 radical (unpaired) electrons. The van der Waals surface area contributed by atoms with Gasteiger partial charge in [0.15, 0.2) is 9.84 Å². The SMILES string of the molecule is O=C(NCCC1=CCCCC1)c1cnc(NC2CCS(=O)(=O)C2)nc1. The van der Waals surface area contributed by atoms with Crippen molar-refractivity contribution in [3.63, 3.8) is 0 Å². The van der Waals surface area contributed by atoms with Crippen LogP contribution < -0.4 is 10.6 Å². The highest BCUT2D eigenvalue weighted by Gasteiger charge is 2.28. The van der Waals surface area contributed by atoms with Crippen LogP contribution in [0.1, 0.15) is 48.9 Å². The summed E-state index contributed by atoms with van der Waals surface area (Å²) in [6.07, 6.45) is 11.4. The molecule has 2 heterocycles. The van der Waals surface area contributed by atoms with E-state index in [9.17, 15) is 13.2 Å². The number of hydrogen-bond acceptors (Lipinski definition) is 6. The molecule has 0 saturated carbocycles. The minimum atomic E-state index is -2.94. The van der Waals surface area contributed by atoms with E-state index in [1.807, 2.05) is 0 Å². The summed E-state index contributed by atoms with van der Waals surface area (Å²) < 4.78 is 22.9. The quantitative estimate of drug-likeness (QED) is 0.745. The first-order chi connectivity index (χ1) is 12.0. The van der Waals surface area contributed by atoms with Gasteiger partial charge in [-0.05, 0) is 38.5 Å². The zero-order valence-corrected chi connectivity index (χ0v) is 15.0. The molecule has 1 aliphatic heterocycles. The van der Waals surface area contributed by atoms with E-state index >= 15 is 0 Å². The first kappa shape index (κ1) is 17.8. The fraction of sp³-hybridized carbons (Fsp3) is 0.588. The van der Waals surface area contributed by atoms with Crippen LogP contribution in [0.4, 0.5) is 5.95 Å². The molecule has 2 aliphatic rings. The summed E-state index contributed by atoms with van der Waals surface area (Å²) in [5, 5.41) is 5.90. The van der Waals surface area contributed by atoms with Crippen molar-refractivity contribution in [3.8, 4) is 0 Å². The Labute approximate surface area is 148 Å². The molecule has 1 atom stereocenters. The summed E-state index contributed by atoms with van der Waals surface area (Å²) in [5.74, 6) is 0.466. The number of nitrogens with one attached hydrogen (secondary N) is 2. The van der Waals surface area contributed by atoms with E-state index in [1.54, 1.807) is 0 Å². The Kier molecular flexibility index (Phi) is 5.67. The van der Waals surface area contributed by atoms with Gasteiger partial charge in [-0.1, -0.05) is 11.6 Å². The highest BCUT2D eigenvalue weighted by atomic mass is 32.2. The van der Waals surface area contributed by atoms with Crippen molar-refractivity contribution in [3.05, 3.63) is 29.6 Å². The van der Waals surface area contributed by atoms with E-state index in [2.05, 4.69) is 26.7 Å². The van der Waals surface area contributed by atoms with Crippen LogP contribution in [0, 0.1) is 0 Å². The second kappa shape index (κ2) is 7.95. The van der Waals surface area contributed by atoms with Gasteiger partial charge in [0.2, 0.25) is 5.95 Å². The molecule has 1 amide bonds. The Balaban J connectivity index is 1.46. The molecule has 1 aromatic heterocycles. The van der Waals surface area contributed by atoms with Gasteiger partial charge in [-0.15, -0.1) is 0 Å². The molecule has 0 bridgehead atoms. The molecule has 3 rings (SSSR count). The topological polar surface area (TPSA) is 101 Å². The highest BCUT2D eigenvalue weighted by Crippen LogP contribution is 2.19. The number of sulfone groups is 1. The molecule has 0 aromatic carbocycles. The number of anilines is 1. The van der Waals surface area contributed by atoms with Crippen LogP contribution in [-0.4, -0.2) is 48.4 Å². The van der Waals surface area contributed by atoms with E-state index in [1.165, 1.54) is 30.8 Å². The average Bonchev–Trinajstić information content (AvgIpc) is 2.95. The first-order valence-electron chi connectivity index (χ1n) is 8.77. The van der Waals surface area contributed by atoms with Crippen molar-refractivity contribution in [1.29, 1.82) is 0 Å². The minimum Gasteiger partial charge on any atom is -0.352 e. The molecule has 1 fully saturated rings. The van der Waals surface area contributed by atoms with E-state index in [4.69, 9.17) is 0 Å². The van der Waals surface area contributed by atoms with Crippen molar-refractivity contribution in [2.75, 3.05) is 23.4 Å². The number of amides is 1. The highest BCUT2D eigenvalue weighted by molar-refractivity contribution is 7.91. The van der Waals surface area contributed by atoms with Gasteiger partial charge in [-0.3, -0.25) is 4.79 Å². The molecule has 136 valence electrons. The molecule has 25 heavy (non-hydrogen) atoms. The number of nitrogens with zero attached hydrogens (tertiary/aromatic N) is 2. The Morgan fingerprint density at radius 3 is 2.68 bits per heavy atom. The Hall–Kier alpha value is -1.96. The van der Waals surface area contributed by atoms with Gasteiger partial charge in [0, 0.05) is 25.0 Å². The van der Waals surface area contributed by atoms with Crippen molar-refractivity contribution in [2.45, 2.75) is 44.6 Å². The van der Waals surface area contributed by atoms with Gasteiger partial charge >= 0.3 is 0 Å². The maximum absolute atomic E-state index is 12.1. The lowest BCUT2D eigenvalue weighted by molar-refractivity contribution is 0.0953.